The van der Waals surface area contributed by atoms with E-state index in [9.17, 15) is 9.90 Å². The molecule has 6 heteroatoms. The van der Waals surface area contributed by atoms with Crippen molar-refractivity contribution in [2.45, 2.75) is 37.9 Å². The number of rotatable bonds is 2. The third kappa shape index (κ3) is 2.65. The normalized spacial score (nSPS) is 38.0. The Morgan fingerprint density at radius 1 is 1.57 bits per heavy atom. The summed E-state index contributed by atoms with van der Waals surface area (Å²) in [5.41, 5.74) is 0. The van der Waals surface area contributed by atoms with Crippen LogP contribution in [0.15, 0.2) is 0 Å². The first-order valence-corrected chi connectivity index (χ1v) is 4.34. The highest BCUT2D eigenvalue weighted by molar-refractivity contribution is 5.66. The monoisotopic (exact) mass is 206 g/mol. The van der Waals surface area contributed by atoms with E-state index in [4.69, 9.17) is 19.7 Å². The Morgan fingerprint density at radius 2 is 2.21 bits per heavy atom. The molecule has 1 aliphatic heterocycles. The molecule has 1 aliphatic rings. The van der Waals surface area contributed by atoms with E-state index in [0.29, 0.717) is 0 Å². The molecule has 4 atom stereocenters. The zero-order valence-corrected chi connectivity index (χ0v) is 7.79. The zero-order valence-electron chi connectivity index (χ0n) is 7.79. The standard InChI is InChI=1S/C8H14O6/c1-4(10)13-8-5(11)2-7(12)14-6(8)3-9/h5-9,11-12H,2-3H2,1H3/t5-,6-,7?,8-/m0/s1. The third-order valence-corrected chi connectivity index (χ3v) is 2.00. The molecule has 1 unspecified atom stereocenters. The number of hydrogen-bond acceptors (Lipinski definition) is 6. The number of ether oxygens (including phenoxy) is 2. The van der Waals surface area contributed by atoms with Gasteiger partial charge in [-0.15, -0.1) is 0 Å². The Kier molecular flexibility index (Phi) is 3.82. The minimum Gasteiger partial charge on any atom is -0.457 e. The molecule has 0 aromatic rings. The average molecular weight is 206 g/mol. The summed E-state index contributed by atoms with van der Waals surface area (Å²) < 4.78 is 9.66. The van der Waals surface area contributed by atoms with Gasteiger partial charge in [-0.2, -0.15) is 0 Å². The second-order valence-corrected chi connectivity index (χ2v) is 3.19. The van der Waals surface area contributed by atoms with Crippen LogP contribution >= 0.6 is 0 Å². The van der Waals surface area contributed by atoms with E-state index in [1.165, 1.54) is 6.92 Å². The molecule has 82 valence electrons. The van der Waals surface area contributed by atoms with Crippen molar-refractivity contribution in [2.75, 3.05) is 6.61 Å². The SMILES string of the molecule is CC(=O)O[C@@H]1[C@H](CO)OC(O)C[C@@H]1O. The molecule has 1 fully saturated rings. The molecule has 6 nitrogen and oxygen atoms in total. The lowest BCUT2D eigenvalue weighted by Gasteiger charge is -2.36. The molecule has 0 radical (unpaired) electrons. The van der Waals surface area contributed by atoms with Crippen molar-refractivity contribution in [3.63, 3.8) is 0 Å². The Balaban J connectivity index is 2.63. The minimum atomic E-state index is -1.13. The number of esters is 1. The van der Waals surface area contributed by atoms with Crippen LogP contribution in [0, 0.1) is 0 Å². The molecule has 0 aliphatic carbocycles. The molecule has 1 saturated heterocycles. The number of carbonyl (C=O) groups is 1. The number of carbonyl (C=O) groups excluding carboxylic acids is 1. The predicted molar refractivity (Wildman–Crippen MR) is 44.1 cm³/mol. The molecule has 0 spiro atoms. The number of aliphatic hydroxyl groups excluding tert-OH is 3. The van der Waals surface area contributed by atoms with Gasteiger partial charge in [0.15, 0.2) is 12.4 Å². The molecule has 0 bridgehead atoms. The number of hydrogen-bond donors (Lipinski definition) is 3. The van der Waals surface area contributed by atoms with Gasteiger partial charge in [-0.25, -0.2) is 0 Å². The van der Waals surface area contributed by atoms with Crippen LogP contribution in [-0.2, 0) is 14.3 Å². The molecule has 14 heavy (non-hydrogen) atoms. The van der Waals surface area contributed by atoms with Gasteiger partial charge in [0.2, 0.25) is 0 Å². The van der Waals surface area contributed by atoms with E-state index in [1.807, 2.05) is 0 Å². The van der Waals surface area contributed by atoms with Gasteiger partial charge in [0.25, 0.3) is 0 Å². The van der Waals surface area contributed by atoms with Crippen molar-refractivity contribution >= 4 is 5.97 Å². The summed E-state index contributed by atoms with van der Waals surface area (Å²) in [6.45, 7) is 0.776. The summed E-state index contributed by atoms with van der Waals surface area (Å²) in [4.78, 5) is 10.7. The van der Waals surface area contributed by atoms with Crippen molar-refractivity contribution in [3.05, 3.63) is 0 Å². The van der Waals surface area contributed by atoms with Gasteiger partial charge in [0, 0.05) is 13.3 Å². The molecule has 3 N–H and O–H groups in total. The van der Waals surface area contributed by atoms with Crippen LogP contribution in [0.25, 0.3) is 0 Å². The van der Waals surface area contributed by atoms with Gasteiger partial charge in [-0.3, -0.25) is 4.79 Å². The maximum Gasteiger partial charge on any atom is 0.303 e. The van der Waals surface area contributed by atoms with E-state index in [-0.39, 0.29) is 6.42 Å². The largest absolute Gasteiger partial charge is 0.457 e. The Morgan fingerprint density at radius 3 is 2.71 bits per heavy atom. The average Bonchev–Trinajstić information content (AvgIpc) is 2.08. The molecular weight excluding hydrogens is 192 g/mol. The van der Waals surface area contributed by atoms with E-state index >= 15 is 0 Å². The number of aliphatic hydroxyl groups is 3. The summed E-state index contributed by atoms with van der Waals surface area (Å²) in [6.07, 6.45) is -3.97. The van der Waals surface area contributed by atoms with E-state index in [1.54, 1.807) is 0 Å². The van der Waals surface area contributed by atoms with Crippen molar-refractivity contribution < 1.29 is 29.6 Å². The first-order valence-electron chi connectivity index (χ1n) is 4.34. The van der Waals surface area contributed by atoms with Crippen LogP contribution in [-0.4, -0.2) is 52.5 Å². The Labute approximate surface area is 81.1 Å². The van der Waals surface area contributed by atoms with Crippen molar-refractivity contribution in [2.24, 2.45) is 0 Å². The fourth-order valence-electron chi connectivity index (χ4n) is 1.42. The van der Waals surface area contributed by atoms with Gasteiger partial charge < -0.3 is 24.8 Å². The lowest BCUT2D eigenvalue weighted by molar-refractivity contribution is -0.246. The Bertz CT molecular complexity index is 206. The quantitative estimate of drug-likeness (QED) is 0.470. The maximum atomic E-state index is 10.7. The van der Waals surface area contributed by atoms with Crippen LogP contribution in [0.4, 0.5) is 0 Å². The summed E-state index contributed by atoms with van der Waals surface area (Å²) in [6, 6.07) is 0. The summed E-state index contributed by atoms with van der Waals surface area (Å²) in [5.74, 6) is -0.563. The minimum absolute atomic E-state index is 0.0333. The molecule has 1 heterocycles. The van der Waals surface area contributed by atoms with Crippen LogP contribution in [0.2, 0.25) is 0 Å². The second-order valence-electron chi connectivity index (χ2n) is 3.19. The molecule has 0 aromatic carbocycles. The smallest absolute Gasteiger partial charge is 0.303 e. The fourth-order valence-corrected chi connectivity index (χ4v) is 1.42. The summed E-state index contributed by atoms with van der Waals surface area (Å²) >= 11 is 0. The summed E-state index contributed by atoms with van der Waals surface area (Å²) in [7, 11) is 0. The zero-order chi connectivity index (χ0) is 10.7. The molecule has 0 amide bonds. The highest BCUT2D eigenvalue weighted by Gasteiger charge is 2.39. The first-order chi connectivity index (χ1) is 6.54. The van der Waals surface area contributed by atoms with E-state index in [2.05, 4.69) is 0 Å². The summed E-state index contributed by atoms with van der Waals surface area (Å²) in [5, 5.41) is 27.4. The lowest BCUT2D eigenvalue weighted by Crippen LogP contribution is -2.51. The molecule has 0 aromatic heterocycles. The lowest BCUT2D eigenvalue weighted by atomic mass is 10.0. The van der Waals surface area contributed by atoms with Crippen LogP contribution in [0.3, 0.4) is 0 Å². The van der Waals surface area contributed by atoms with Gasteiger partial charge >= 0.3 is 5.97 Å². The van der Waals surface area contributed by atoms with Crippen molar-refractivity contribution in [3.8, 4) is 0 Å². The van der Waals surface area contributed by atoms with Crippen LogP contribution < -0.4 is 0 Å². The highest BCUT2D eigenvalue weighted by Crippen LogP contribution is 2.21. The fraction of sp³-hybridized carbons (Fsp3) is 0.875. The van der Waals surface area contributed by atoms with Gasteiger partial charge in [0.1, 0.15) is 6.10 Å². The second kappa shape index (κ2) is 4.70. The van der Waals surface area contributed by atoms with E-state index < -0.39 is 37.2 Å². The maximum absolute atomic E-state index is 10.7. The molecule has 1 rings (SSSR count). The van der Waals surface area contributed by atoms with Crippen molar-refractivity contribution in [1.29, 1.82) is 0 Å². The topological polar surface area (TPSA) is 96.2 Å². The van der Waals surface area contributed by atoms with Crippen LogP contribution in [0.5, 0.6) is 0 Å². The van der Waals surface area contributed by atoms with Crippen LogP contribution in [0.1, 0.15) is 13.3 Å². The van der Waals surface area contributed by atoms with Gasteiger partial charge in [-0.1, -0.05) is 0 Å². The van der Waals surface area contributed by atoms with E-state index in [0.717, 1.165) is 0 Å². The van der Waals surface area contributed by atoms with Crippen molar-refractivity contribution in [1.82, 2.24) is 0 Å². The molecule has 0 saturated carbocycles. The highest BCUT2D eigenvalue weighted by atomic mass is 16.6. The Hall–Kier alpha value is -0.690. The van der Waals surface area contributed by atoms with Gasteiger partial charge in [0.05, 0.1) is 12.7 Å². The van der Waals surface area contributed by atoms with Gasteiger partial charge in [-0.05, 0) is 0 Å². The third-order valence-electron chi connectivity index (χ3n) is 2.00. The predicted octanol–water partition coefficient (Wildman–Crippen LogP) is -1.62. The first kappa shape index (κ1) is 11.4. The molecular formula is C8H14O6.